The average Bonchev–Trinajstić information content (AvgIpc) is 3.10. The number of nitrogens with zero attached hydrogens (tertiary/aromatic N) is 3. The largest absolute Gasteiger partial charge is 0.494 e. The molecule has 29 heavy (non-hydrogen) atoms. The van der Waals surface area contributed by atoms with Crippen molar-refractivity contribution in [1.82, 2.24) is 14.9 Å². The molecule has 2 atom stereocenters. The zero-order valence-electron chi connectivity index (χ0n) is 16.5. The summed E-state index contributed by atoms with van der Waals surface area (Å²) >= 11 is 1.41. The highest BCUT2D eigenvalue weighted by atomic mass is 32.2. The first kappa shape index (κ1) is 19.3. The van der Waals surface area contributed by atoms with Gasteiger partial charge in [-0.1, -0.05) is 41.6 Å². The SMILES string of the molecule is CCOc1ccc([C@@H]2Nn3c(C)nnc3S[C@H]2C(=O)Nc2ccc(C)cc2)cc1. The molecule has 0 saturated carbocycles. The molecule has 2 aromatic carbocycles. The van der Waals surface area contributed by atoms with Crippen LogP contribution in [0, 0.1) is 13.8 Å². The minimum atomic E-state index is -0.412. The number of nitrogens with one attached hydrogen (secondary N) is 2. The molecular weight excluding hydrogens is 386 g/mol. The Morgan fingerprint density at radius 3 is 2.55 bits per heavy atom. The molecule has 0 spiro atoms. The van der Waals surface area contributed by atoms with Gasteiger partial charge < -0.3 is 15.5 Å². The Hall–Kier alpha value is -3.00. The van der Waals surface area contributed by atoms with E-state index in [2.05, 4.69) is 20.9 Å². The van der Waals surface area contributed by atoms with Gasteiger partial charge in [-0.3, -0.25) is 4.79 Å². The zero-order valence-corrected chi connectivity index (χ0v) is 17.4. The van der Waals surface area contributed by atoms with Crippen molar-refractivity contribution < 1.29 is 9.53 Å². The fourth-order valence-electron chi connectivity index (χ4n) is 3.20. The molecule has 0 fully saturated rings. The molecule has 0 unspecified atom stereocenters. The minimum Gasteiger partial charge on any atom is -0.494 e. The molecule has 0 saturated heterocycles. The number of hydrogen-bond acceptors (Lipinski definition) is 6. The van der Waals surface area contributed by atoms with Crippen LogP contribution in [0.5, 0.6) is 5.75 Å². The van der Waals surface area contributed by atoms with E-state index >= 15 is 0 Å². The normalized spacial score (nSPS) is 17.9. The number of ether oxygens (including phenoxy) is 1. The van der Waals surface area contributed by atoms with Gasteiger partial charge in [0.15, 0.2) is 0 Å². The van der Waals surface area contributed by atoms with Crippen molar-refractivity contribution in [2.75, 3.05) is 17.3 Å². The van der Waals surface area contributed by atoms with Crippen molar-refractivity contribution in [2.45, 2.75) is 37.2 Å². The molecule has 4 rings (SSSR count). The van der Waals surface area contributed by atoms with E-state index < -0.39 is 5.25 Å². The summed E-state index contributed by atoms with van der Waals surface area (Å²) in [5.74, 6) is 1.47. The lowest BCUT2D eigenvalue weighted by atomic mass is 10.0. The van der Waals surface area contributed by atoms with Gasteiger partial charge in [-0.15, -0.1) is 10.2 Å². The van der Waals surface area contributed by atoms with E-state index in [9.17, 15) is 4.79 Å². The van der Waals surface area contributed by atoms with Gasteiger partial charge in [-0.25, -0.2) is 4.68 Å². The Morgan fingerprint density at radius 2 is 1.86 bits per heavy atom. The summed E-state index contributed by atoms with van der Waals surface area (Å²) in [6.07, 6.45) is 0. The fraction of sp³-hybridized carbons (Fsp3) is 0.286. The van der Waals surface area contributed by atoms with Crippen LogP contribution in [0.15, 0.2) is 53.7 Å². The third-order valence-electron chi connectivity index (χ3n) is 4.73. The van der Waals surface area contributed by atoms with E-state index in [1.54, 1.807) is 0 Å². The first-order chi connectivity index (χ1) is 14.0. The third-order valence-corrected chi connectivity index (χ3v) is 5.94. The number of amides is 1. The smallest absolute Gasteiger partial charge is 0.240 e. The van der Waals surface area contributed by atoms with Gasteiger partial charge in [0.2, 0.25) is 11.1 Å². The first-order valence-corrected chi connectivity index (χ1v) is 10.4. The van der Waals surface area contributed by atoms with Crippen LogP contribution in [0.1, 0.15) is 29.9 Å². The van der Waals surface area contributed by atoms with Crippen LogP contribution in [0.25, 0.3) is 0 Å². The summed E-state index contributed by atoms with van der Waals surface area (Å²) in [5, 5.41) is 11.6. The van der Waals surface area contributed by atoms with Crippen molar-refractivity contribution in [3.05, 3.63) is 65.5 Å². The lowest BCUT2D eigenvalue weighted by Gasteiger charge is -2.32. The predicted octanol–water partition coefficient (Wildman–Crippen LogP) is 3.69. The maximum Gasteiger partial charge on any atom is 0.240 e. The fourth-order valence-corrected chi connectivity index (χ4v) is 4.32. The van der Waals surface area contributed by atoms with Crippen LogP contribution >= 0.6 is 11.8 Å². The highest BCUT2D eigenvalue weighted by molar-refractivity contribution is 8.00. The maximum absolute atomic E-state index is 13.2. The van der Waals surface area contributed by atoms with Crippen molar-refractivity contribution in [3.8, 4) is 5.75 Å². The number of anilines is 1. The second kappa shape index (κ2) is 8.16. The second-order valence-corrected chi connectivity index (χ2v) is 7.98. The summed E-state index contributed by atoms with van der Waals surface area (Å²) in [7, 11) is 0. The Morgan fingerprint density at radius 1 is 1.14 bits per heavy atom. The molecule has 0 bridgehead atoms. The monoisotopic (exact) mass is 409 g/mol. The standard InChI is InChI=1S/C21H23N5O2S/c1-4-28-17-11-7-15(8-12-17)18-19(29-21-24-23-14(3)26(21)25-18)20(27)22-16-9-5-13(2)6-10-16/h5-12,18-19,25H,4H2,1-3H3,(H,22,27)/t18-,19+/m0/s1. The van der Waals surface area contributed by atoms with Gasteiger partial charge in [0.05, 0.1) is 12.6 Å². The first-order valence-electron chi connectivity index (χ1n) is 9.50. The van der Waals surface area contributed by atoms with E-state index in [0.717, 1.165) is 28.4 Å². The number of thioether (sulfide) groups is 1. The molecule has 1 amide bonds. The molecule has 3 aromatic rings. The molecule has 1 aliphatic heterocycles. The van der Waals surface area contributed by atoms with Crippen LogP contribution < -0.4 is 15.5 Å². The van der Waals surface area contributed by atoms with E-state index in [4.69, 9.17) is 4.74 Å². The van der Waals surface area contributed by atoms with E-state index in [1.807, 2.05) is 74.0 Å². The Balaban J connectivity index is 1.62. The topological polar surface area (TPSA) is 81.1 Å². The van der Waals surface area contributed by atoms with Crippen molar-refractivity contribution in [2.24, 2.45) is 0 Å². The van der Waals surface area contributed by atoms with Crippen molar-refractivity contribution in [3.63, 3.8) is 0 Å². The molecule has 2 heterocycles. The summed E-state index contributed by atoms with van der Waals surface area (Å²) < 4.78 is 7.38. The van der Waals surface area contributed by atoms with Crippen LogP contribution in [-0.4, -0.2) is 32.6 Å². The van der Waals surface area contributed by atoms with Crippen LogP contribution in [-0.2, 0) is 4.79 Å². The molecule has 8 heteroatoms. The van der Waals surface area contributed by atoms with Crippen LogP contribution in [0.3, 0.4) is 0 Å². The number of benzene rings is 2. The second-order valence-electron chi connectivity index (χ2n) is 6.87. The molecular formula is C21H23N5O2S. The number of aryl methyl sites for hydroxylation is 2. The highest BCUT2D eigenvalue weighted by Crippen LogP contribution is 2.37. The molecule has 1 aliphatic rings. The highest BCUT2D eigenvalue weighted by Gasteiger charge is 2.37. The third kappa shape index (κ3) is 4.07. The Bertz CT molecular complexity index is 1000. The van der Waals surface area contributed by atoms with Gasteiger partial charge >= 0.3 is 0 Å². The Labute approximate surface area is 173 Å². The number of carbonyl (C=O) groups excluding carboxylic acids is 1. The summed E-state index contributed by atoms with van der Waals surface area (Å²) in [5.41, 5.74) is 6.32. The van der Waals surface area contributed by atoms with Crippen LogP contribution in [0.2, 0.25) is 0 Å². The number of hydrogen-bond donors (Lipinski definition) is 2. The quantitative estimate of drug-likeness (QED) is 0.669. The van der Waals surface area contributed by atoms with E-state index in [-0.39, 0.29) is 11.9 Å². The van der Waals surface area contributed by atoms with Gasteiger partial charge in [0.1, 0.15) is 16.8 Å². The number of rotatable bonds is 5. The van der Waals surface area contributed by atoms with Gasteiger partial charge in [0.25, 0.3) is 0 Å². The maximum atomic E-state index is 13.2. The lowest BCUT2D eigenvalue weighted by Crippen LogP contribution is -2.41. The van der Waals surface area contributed by atoms with E-state index in [0.29, 0.717) is 11.8 Å². The molecule has 1 aromatic heterocycles. The van der Waals surface area contributed by atoms with Crippen LogP contribution in [0.4, 0.5) is 5.69 Å². The van der Waals surface area contributed by atoms with E-state index in [1.165, 1.54) is 11.8 Å². The van der Waals surface area contributed by atoms with Gasteiger partial charge in [0, 0.05) is 5.69 Å². The summed E-state index contributed by atoms with van der Waals surface area (Å²) in [6.45, 7) is 6.46. The zero-order chi connectivity index (χ0) is 20.4. The van der Waals surface area contributed by atoms with Crippen molar-refractivity contribution in [1.29, 1.82) is 0 Å². The molecule has 7 nitrogen and oxygen atoms in total. The number of carbonyl (C=O) groups is 1. The Kier molecular flexibility index (Phi) is 5.44. The average molecular weight is 410 g/mol. The summed E-state index contributed by atoms with van der Waals surface area (Å²) in [6, 6.07) is 15.4. The van der Waals surface area contributed by atoms with Gasteiger partial charge in [-0.05, 0) is 50.6 Å². The molecule has 150 valence electrons. The molecule has 0 radical (unpaired) electrons. The molecule has 0 aliphatic carbocycles. The van der Waals surface area contributed by atoms with Gasteiger partial charge in [-0.2, -0.15) is 0 Å². The predicted molar refractivity (Wildman–Crippen MR) is 114 cm³/mol. The van der Waals surface area contributed by atoms with Crippen molar-refractivity contribution >= 4 is 23.4 Å². The minimum absolute atomic E-state index is 0.0860. The lowest BCUT2D eigenvalue weighted by molar-refractivity contribution is -0.116. The number of fused-ring (bicyclic) bond motifs is 1. The molecule has 2 N–H and O–H groups in total. The summed E-state index contributed by atoms with van der Waals surface area (Å²) in [4.78, 5) is 13.2. The number of aromatic nitrogens is 3.